The minimum atomic E-state index is -0.826. The van der Waals surface area contributed by atoms with Gasteiger partial charge in [-0.05, 0) is 31.2 Å². The third-order valence-corrected chi connectivity index (χ3v) is 4.45. The van der Waals surface area contributed by atoms with Crippen molar-refractivity contribution in [2.45, 2.75) is 13.0 Å². The molecular formula is C21H23N3O5. The molecule has 8 nitrogen and oxygen atoms in total. The van der Waals surface area contributed by atoms with Crippen LogP contribution in [-0.4, -0.2) is 50.6 Å². The van der Waals surface area contributed by atoms with Crippen LogP contribution >= 0.6 is 0 Å². The number of rotatable bonds is 6. The van der Waals surface area contributed by atoms with Crippen molar-refractivity contribution in [3.05, 3.63) is 54.1 Å². The van der Waals surface area contributed by atoms with E-state index in [1.807, 2.05) is 6.92 Å². The number of fused-ring (bicyclic) bond motifs is 1. The number of anilines is 1. The van der Waals surface area contributed by atoms with E-state index >= 15 is 0 Å². The fourth-order valence-corrected chi connectivity index (χ4v) is 3.05. The summed E-state index contributed by atoms with van der Waals surface area (Å²) in [7, 11) is 1.51. The van der Waals surface area contributed by atoms with E-state index in [4.69, 9.17) is 9.47 Å². The van der Waals surface area contributed by atoms with Crippen LogP contribution in [0.15, 0.2) is 48.5 Å². The van der Waals surface area contributed by atoms with Gasteiger partial charge < -0.3 is 25.0 Å². The Hall–Kier alpha value is -3.55. The molecule has 152 valence electrons. The fraction of sp³-hybridized carbons (Fsp3) is 0.286. The molecule has 1 aliphatic heterocycles. The van der Waals surface area contributed by atoms with Gasteiger partial charge in [0.15, 0.2) is 6.10 Å². The monoisotopic (exact) mass is 397 g/mol. The molecule has 3 amide bonds. The number of amides is 3. The van der Waals surface area contributed by atoms with E-state index < -0.39 is 12.0 Å². The first kappa shape index (κ1) is 20.2. The highest BCUT2D eigenvalue weighted by Gasteiger charge is 2.33. The molecule has 0 saturated carbocycles. The van der Waals surface area contributed by atoms with Gasteiger partial charge in [-0.1, -0.05) is 24.3 Å². The Bertz CT molecular complexity index is 915. The smallest absolute Gasteiger partial charge is 0.262 e. The first-order valence-corrected chi connectivity index (χ1v) is 9.32. The van der Waals surface area contributed by atoms with Gasteiger partial charge in [0, 0.05) is 7.05 Å². The Labute approximate surface area is 168 Å². The quantitative estimate of drug-likeness (QED) is 0.767. The van der Waals surface area contributed by atoms with E-state index in [-0.39, 0.29) is 24.9 Å². The molecule has 0 fully saturated rings. The molecular weight excluding hydrogens is 374 g/mol. The lowest BCUT2D eigenvalue weighted by atomic mass is 10.1. The molecule has 0 spiro atoms. The third-order valence-electron chi connectivity index (χ3n) is 4.45. The lowest BCUT2D eigenvalue weighted by Gasteiger charge is -2.34. The van der Waals surface area contributed by atoms with Gasteiger partial charge in [0.25, 0.3) is 11.8 Å². The molecule has 0 bridgehead atoms. The summed E-state index contributed by atoms with van der Waals surface area (Å²) in [5.74, 6) is -0.194. The molecule has 0 saturated heterocycles. The second-order valence-electron chi connectivity index (χ2n) is 6.30. The average Bonchev–Trinajstić information content (AvgIpc) is 2.76. The summed E-state index contributed by atoms with van der Waals surface area (Å²) in [4.78, 5) is 38.9. The Morgan fingerprint density at radius 1 is 1.14 bits per heavy atom. The minimum Gasteiger partial charge on any atom is -0.493 e. The zero-order valence-electron chi connectivity index (χ0n) is 16.3. The lowest BCUT2D eigenvalue weighted by Crippen LogP contribution is -2.52. The predicted molar refractivity (Wildman–Crippen MR) is 107 cm³/mol. The Kier molecular flexibility index (Phi) is 6.33. The summed E-state index contributed by atoms with van der Waals surface area (Å²) in [6.45, 7) is 2.08. The average molecular weight is 397 g/mol. The van der Waals surface area contributed by atoms with E-state index in [1.54, 1.807) is 48.5 Å². The maximum Gasteiger partial charge on any atom is 0.262 e. The van der Waals surface area contributed by atoms with Crippen LogP contribution in [0.2, 0.25) is 0 Å². The van der Waals surface area contributed by atoms with Gasteiger partial charge in [-0.15, -0.1) is 0 Å². The highest BCUT2D eigenvalue weighted by molar-refractivity contribution is 6.03. The number of likely N-dealkylation sites (N-methyl/N-ethyl adjacent to an activating group) is 1. The van der Waals surface area contributed by atoms with Crippen molar-refractivity contribution in [2.75, 3.05) is 31.6 Å². The van der Waals surface area contributed by atoms with Crippen molar-refractivity contribution >= 4 is 23.4 Å². The van der Waals surface area contributed by atoms with Gasteiger partial charge in [-0.2, -0.15) is 0 Å². The van der Waals surface area contributed by atoms with Gasteiger partial charge in [-0.25, -0.2) is 0 Å². The maximum atomic E-state index is 12.9. The van der Waals surface area contributed by atoms with Gasteiger partial charge in [-0.3, -0.25) is 14.4 Å². The number of hydrogen-bond donors (Lipinski definition) is 2. The molecule has 0 aromatic heterocycles. The number of carbonyl (C=O) groups is 3. The van der Waals surface area contributed by atoms with E-state index in [0.717, 1.165) is 0 Å². The van der Waals surface area contributed by atoms with Gasteiger partial charge in [0.05, 0.1) is 30.9 Å². The standard InChI is InChI=1S/C21H23N3O5/c1-3-28-16-10-6-4-8-14(16)20(26)23-12-19(25)24-13-18(21(27)22-2)29-17-11-7-5-9-15(17)24/h4-11,18H,3,12-13H2,1-2H3,(H,22,27)(H,23,26)/t18-/m1/s1. The van der Waals surface area contributed by atoms with Gasteiger partial charge in [0.2, 0.25) is 5.91 Å². The zero-order chi connectivity index (χ0) is 20.8. The van der Waals surface area contributed by atoms with E-state index in [1.165, 1.54) is 11.9 Å². The van der Waals surface area contributed by atoms with Crippen molar-refractivity contribution < 1.29 is 23.9 Å². The molecule has 1 aliphatic rings. The van der Waals surface area contributed by atoms with E-state index in [0.29, 0.717) is 29.4 Å². The first-order valence-electron chi connectivity index (χ1n) is 9.32. The molecule has 1 heterocycles. The molecule has 2 aromatic rings. The zero-order valence-corrected chi connectivity index (χ0v) is 16.3. The number of nitrogens with one attached hydrogen (secondary N) is 2. The van der Waals surface area contributed by atoms with Crippen LogP contribution in [0, 0.1) is 0 Å². The highest BCUT2D eigenvalue weighted by atomic mass is 16.5. The maximum absolute atomic E-state index is 12.9. The number of para-hydroxylation sites is 3. The Morgan fingerprint density at radius 3 is 2.62 bits per heavy atom. The number of carbonyl (C=O) groups excluding carboxylic acids is 3. The molecule has 0 unspecified atom stereocenters. The third kappa shape index (κ3) is 4.48. The van der Waals surface area contributed by atoms with Gasteiger partial charge in [0.1, 0.15) is 11.5 Å². The molecule has 3 rings (SSSR count). The van der Waals surface area contributed by atoms with Crippen molar-refractivity contribution in [1.29, 1.82) is 0 Å². The molecule has 0 aliphatic carbocycles. The normalized spacial score (nSPS) is 15.0. The van der Waals surface area contributed by atoms with Gasteiger partial charge >= 0.3 is 0 Å². The van der Waals surface area contributed by atoms with Crippen LogP contribution in [0.4, 0.5) is 5.69 Å². The van der Waals surface area contributed by atoms with Crippen LogP contribution in [-0.2, 0) is 9.59 Å². The molecule has 2 aromatic carbocycles. The summed E-state index contributed by atoms with van der Waals surface area (Å²) in [5.41, 5.74) is 0.911. The van der Waals surface area contributed by atoms with Crippen LogP contribution in [0.3, 0.4) is 0 Å². The number of nitrogens with zero attached hydrogens (tertiary/aromatic N) is 1. The molecule has 8 heteroatoms. The Balaban J connectivity index is 1.73. The van der Waals surface area contributed by atoms with Crippen molar-refractivity contribution in [3.8, 4) is 11.5 Å². The second kappa shape index (κ2) is 9.09. The number of benzene rings is 2. The summed E-state index contributed by atoms with van der Waals surface area (Å²) in [6.07, 6.45) is -0.826. The highest BCUT2D eigenvalue weighted by Crippen LogP contribution is 2.33. The first-order chi connectivity index (χ1) is 14.0. The van der Waals surface area contributed by atoms with Crippen molar-refractivity contribution in [1.82, 2.24) is 10.6 Å². The van der Waals surface area contributed by atoms with Crippen LogP contribution in [0.1, 0.15) is 17.3 Å². The topological polar surface area (TPSA) is 97.0 Å². The van der Waals surface area contributed by atoms with E-state index in [2.05, 4.69) is 10.6 Å². The van der Waals surface area contributed by atoms with Crippen LogP contribution in [0.25, 0.3) is 0 Å². The predicted octanol–water partition coefficient (Wildman–Crippen LogP) is 1.36. The lowest BCUT2D eigenvalue weighted by molar-refractivity contribution is -0.127. The number of hydrogen-bond acceptors (Lipinski definition) is 5. The summed E-state index contributed by atoms with van der Waals surface area (Å²) < 4.78 is 11.2. The SMILES string of the molecule is CCOc1ccccc1C(=O)NCC(=O)N1C[C@H](C(=O)NC)Oc2ccccc21. The minimum absolute atomic E-state index is 0.0565. The summed E-state index contributed by atoms with van der Waals surface area (Å²) in [6, 6.07) is 13.8. The largest absolute Gasteiger partial charge is 0.493 e. The van der Waals surface area contributed by atoms with Crippen molar-refractivity contribution in [3.63, 3.8) is 0 Å². The molecule has 1 atom stereocenters. The second-order valence-corrected chi connectivity index (χ2v) is 6.30. The fourth-order valence-electron chi connectivity index (χ4n) is 3.05. The van der Waals surface area contributed by atoms with Crippen molar-refractivity contribution in [2.24, 2.45) is 0 Å². The Morgan fingerprint density at radius 2 is 1.86 bits per heavy atom. The summed E-state index contributed by atoms with van der Waals surface area (Å²) in [5, 5.41) is 5.16. The molecule has 2 N–H and O–H groups in total. The molecule has 29 heavy (non-hydrogen) atoms. The van der Waals surface area contributed by atoms with Crippen LogP contribution < -0.4 is 25.0 Å². The summed E-state index contributed by atoms with van der Waals surface area (Å²) >= 11 is 0. The van der Waals surface area contributed by atoms with E-state index in [9.17, 15) is 14.4 Å². The van der Waals surface area contributed by atoms with Crippen LogP contribution in [0.5, 0.6) is 11.5 Å². The number of ether oxygens (including phenoxy) is 2. The molecule has 0 radical (unpaired) electrons.